The highest BCUT2D eigenvalue weighted by molar-refractivity contribution is 7.89. The Morgan fingerprint density at radius 1 is 1.21 bits per heavy atom. The largest absolute Gasteiger partial charge is 0.493 e. The molecular weight excluding hydrogens is 324 g/mol. The van der Waals surface area contributed by atoms with Crippen molar-refractivity contribution in [1.29, 1.82) is 0 Å². The van der Waals surface area contributed by atoms with Gasteiger partial charge in [-0.15, -0.1) is 0 Å². The quantitative estimate of drug-likeness (QED) is 0.872. The second kappa shape index (κ2) is 7.09. The molecule has 1 aliphatic rings. The second-order valence-electron chi connectivity index (χ2n) is 6.15. The molecule has 1 heterocycles. The number of sulfonamides is 1. The summed E-state index contributed by atoms with van der Waals surface area (Å²) in [5.41, 5.74) is 0. The summed E-state index contributed by atoms with van der Waals surface area (Å²) in [4.78, 5) is 0.305. The highest BCUT2D eigenvalue weighted by Crippen LogP contribution is 2.31. The van der Waals surface area contributed by atoms with Crippen LogP contribution in [0.5, 0.6) is 5.75 Å². The highest BCUT2D eigenvalue weighted by Gasteiger charge is 2.27. The molecule has 3 rings (SSSR count). The molecule has 2 aromatic rings. The first-order chi connectivity index (χ1) is 11.5. The molecule has 0 aliphatic carbocycles. The fraction of sp³-hybridized carbons (Fsp3) is 0.444. The molecule has 2 N–H and O–H groups in total. The van der Waals surface area contributed by atoms with Crippen LogP contribution in [-0.2, 0) is 10.0 Å². The van der Waals surface area contributed by atoms with E-state index in [0.717, 1.165) is 24.8 Å². The van der Waals surface area contributed by atoms with Crippen LogP contribution < -0.4 is 14.8 Å². The molecule has 5 nitrogen and oxygen atoms in total. The minimum absolute atomic E-state index is 0.0888. The number of benzene rings is 2. The molecule has 0 radical (unpaired) electrons. The van der Waals surface area contributed by atoms with Gasteiger partial charge in [-0.2, -0.15) is 0 Å². The van der Waals surface area contributed by atoms with Gasteiger partial charge in [-0.3, -0.25) is 0 Å². The summed E-state index contributed by atoms with van der Waals surface area (Å²) in [5.74, 6) is 0.708. The third-order valence-corrected chi connectivity index (χ3v) is 6.05. The van der Waals surface area contributed by atoms with Crippen molar-refractivity contribution >= 4 is 20.8 Å². The molecular formula is C18H24N2O3S. The van der Waals surface area contributed by atoms with Crippen LogP contribution in [0.3, 0.4) is 0 Å². The molecule has 0 saturated carbocycles. The van der Waals surface area contributed by atoms with E-state index in [1.54, 1.807) is 12.1 Å². The topological polar surface area (TPSA) is 67.4 Å². The minimum atomic E-state index is -3.60. The van der Waals surface area contributed by atoms with E-state index >= 15 is 0 Å². The van der Waals surface area contributed by atoms with Crippen LogP contribution in [0.4, 0.5) is 0 Å². The third kappa shape index (κ3) is 3.41. The molecule has 2 atom stereocenters. The summed E-state index contributed by atoms with van der Waals surface area (Å²) in [6.07, 6.45) is 1.82. The Kier molecular flexibility index (Phi) is 5.08. The Morgan fingerprint density at radius 3 is 2.67 bits per heavy atom. The van der Waals surface area contributed by atoms with E-state index in [9.17, 15) is 8.42 Å². The molecule has 1 saturated heterocycles. The van der Waals surface area contributed by atoms with Gasteiger partial charge < -0.3 is 10.1 Å². The van der Waals surface area contributed by atoms with Crippen molar-refractivity contribution in [3.63, 3.8) is 0 Å². The van der Waals surface area contributed by atoms with Crippen molar-refractivity contribution in [3.05, 3.63) is 36.4 Å². The number of piperidine rings is 1. The van der Waals surface area contributed by atoms with Crippen molar-refractivity contribution in [2.45, 2.75) is 43.7 Å². The maximum absolute atomic E-state index is 12.9. The summed E-state index contributed by atoms with van der Waals surface area (Å²) < 4.78 is 34.4. The molecule has 130 valence electrons. The average molecular weight is 348 g/mol. The van der Waals surface area contributed by atoms with Gasteiger partial charge in [0, 0.05) is 22.9 Å². The van der Waals surface area contributed by atoms with Crippen LogP contribution in [0, 0.1) is 0 Å². The first kappa shape index (κ1) is 17.2. The van der Waals surface area contributed by atoms with Crippen LogP contribution in [0.25, 0.3) is 10.8 Å². The van der Waals surface area contributed by atoms with Crippen molar-refractivity contribution in [1.82, 2.24) is 10.0 Å². The number of fused-ring (bicyclic) bond motifs is 1. The number of ether oxygens (including phenoxy) is 1. The fourth-order valence-electron chi connectivity index (χ4n) is 3.23. The molecule has 2 aromatic carbocycles. The Bertz CT molecular complexity index is 820. The van der Waals surface area contributed by atoms with Crippen LogP contribution in [0.2, 0.25) is 0 Å². The van der Waals surface area contributed by atoms with Gasteiger partial charge in [-0.1, -0.05) is 24.3 Å². The zero-order valence-electron chi connectivity index (χ0n) is 14.1. The van der Waals surface area contributed by atoms with E-state index in [0.29, 0.717) is 22.6 Å². The predicted octanol–water partition coefficient (Wildman–Crippen LogP) is 2.66. The van der Waals surface area contributed by atoms with Crippen LogP contribution in [-0.4, -0.2) is 33.7 Å². The summed E-state index contributed by atoms with van der Waals surface area (Å²) in [5, 5.41) is 4.83. The van der Waals surface area contributed by atoms with Gasteiger partial charge in [0.1, 0.15) is 5.75 Å². The van der Waals surface area contributed by atoms with E-state index in [4.69, 9.17) is 4.74 Å². The van der Waals surface area contributed by atoms with Crippen LogP contribution in [0.15, 0.2) is 41.3 Å². The monoisotopic (exact) mass is 348 g/mol. The molecule has 1 fully saturated rings. The number of hydrogen-bond donors (Lipinski definition) is 2. The van der Waals surface area contributed by atoms with E-state index < -0.39 is 10.0 Å². The predicted molar refractivity (Wildman–Crippen MR) is 95.9 cm³/mol. The lowest BCUT2D eigenvalue weighted by molar-refractivity contribution is 0.344. The van der Waals surface area contributed by atoms with Gasteiger partial charge in [0.05, 0.1) is 11.5 Å². The molecule has 6 heteroatoms. The zero-order chi connectivity index (χ0) is 17.2. The number of rotatable bonds is 5. The molecule has 0 bridgehead atoms. The maximum Gasteiger partial charge on any atom is 0.241 e. The lowest BCUT2D eigenvalue weighted by Gasteiger charge is -2.30. The molecule has 2 unspecified atom stereocenters. The lowest BCUT2D eigenvalue weighted by Crippen LogP contribution is -2.51. The number of nitrogens with one attached hydrogen (secondary N) is 2. The van der Waals surface area contributed by atoms with Gasteiger partial charge >= 0.3 is 0 Å². The zero-order valence-corrected chi connectivity index (χ0v) is 14.9. The van der Waals surface area contributed by atoms with Crippen molar-refractivity contribution < 1.29 is 13.2 Å². The van der Waals surface area contributed by atoms with Crippen LogP contribution in [0.1, 0.15) is 26.7 Å². The van der Waals surface area contributed by atoms with Crippen molar-refractivity contribution in [3.8, 4) is 5.75 Å². The normalized spacial score (nSPS) is 21.8. The van der Waals surface area contributed by atoms with Gasteiger partial charge in [-0.25, -0.2) is 13.1 Å². The highest BCUT2D eigenvalue weighted by atomic mass is 32.2. The van der Waals surface area contributed by atoms with Crippen molar-refractivity contribution in [2.24, 2.45) is 0 Å². The first-order valence-corrected chi connectivity index (χ1v) is 9.91. The van der Waals surface area contributed by atoms with E-state index in [2.05, 4.69) is 10.0 Å². The molecule has 0 spiro atoms. The summed E-state index contributed by atoms with van der Waals surface area (Å²) >= 11 is 0. The van der Waals surface area contributed by atoms with E-state index in [-0.39, 0.29) is 12.1 Å². The lowest BCUT2D eigenvalue weighted by atomic mass is 10.0. The Balaban J connectivity index is 2.00. The van der Waals surface area contributed by atoms with E-state index in [1.807, 2.05) is 38.1 Å². The average Bonchev–Trinajstić information content (AvgIpc) is 2.57. The third-order valence-electron chi connectivity index (χ3n) is 4.50. The number of hydrogen-bond acceptors (Lipinski definition) is 4. The first-order valence-electron chi connectivity index (χ1n) is 8.43. The van der Waals surface area contributed by atoms with Gasteiger partial charge in [-0.05, 0) is 45.4 Å². The minimum Gasteiger partial charge on any atom is -0.493 e. The maximum atomic E-state index is 12.9. The smallest absolute Gasteiger partial charge is 0.241 e. The van der Waals surface area contributed by atoms with Gasteiger partial charge in [0.2, 0.25) is 10.0 Å². The summed E-state index contributed by atoms with van der Waals surface area (Å²) in [6.45, 7) is 5.41. The summed E-state index contributed by atoms with van der Waals surface area (Å²) in [6, 6.07) is 10.9. The van der Waals surface area contributed by atoms with Gasteiger partial charge in [0.25, 0.3) is 0 Å². The molecule has 1 aliphatic heterocycles. The fourth-order valence-corrected chi connectivity index (χ4v) is 4.79. The van der Waals surface area contributed by atoms with Crippen molar-refractivity contribution in [2.75, 3.05) is 13.2 Å². The van der Waals surface area contributed by atoms with Crippen LogP contribution >= 0.6 is 0 Å². The SMILES string of the molecule is CCOc1ccc(S(=O)(=O)NC2CCCNC2C)c2ccccc12. The Morgan fingerprint density at radius 2 is 1.96 bits per heavy atom. The molecule has 24 heavy (non-hydrogen) atoms. The Labute approximate surface area is 143 Å². The van der Waals surface area contributed by atoms with Gasteiger partial charge in [0.15, 0.2) is 0 Å². The molecule has 0 aromatic heterocycles. The molecule has 0 amide bonds. The van der Waals surface area contributed by atoms with E-state index in [1.165, 1.54) is 0 Å². The standard InChI is InChI=1S/C18H24N2O3S/c1-3-23-17-10-11-18(15-8-5-4-7-14(15)17)24(21,22)20-16-9-6-12-19-13(16)2/h4-5,7-8,10-11,13,16,19-20H,3,6,9,12H2,1-2H3. The second-order valence-corrected chi connectivity index (χ2v) is 7.84. The summed E-state index contributed by atoms with van der Waals surface area (Å²) in [7, 11) is -3.60. The Hall–Kier alpha value is -1.63.